The number of aromatic nitrogens is 2. The predicted molar refractivity (Wildman–Crippen MR) is 111 cm³/mol. The molecule has 1 heterocycles. The van der Waals surface area contributed by atoms with Crippen LogP contribution in [0.4, 0.5) is 5.82 Å². The van der Waals surface area contributed by atoms with Gasteiger partial charge in [0.1, 0.15) is 23.1 Å². The van der Waals surface area contributed by atoms with Crippen molar-refractivity contribution in [2.45, 2.75) is 45.6 Å². The summed E-state index contributed by atoms with van der Waals surface area (Å²) < 4.78 is 5.15. The van der Waals surface area contributed by atoms with Crippen LogP contribution in [0.15, 0.2) is 42.0 Å². The Labute approximate surface area is 166 Å². The summed E-state index contributed by atoms with van der Waals surface area (Å²) in [5.41, 5.74) is 2.89. The number of methoxy groups -OCH3 is 1. The van der Waals surface area contributed by atoms with Gasteiger partial charge >= 0.3 is 0 Å². The number of rotatable bonds is 8. The molecule has 148 valence electrons. The summed E-state index contributed by atoms with van der Waals surface area (Å²) in [4.78, 5) is 21.2. The SMILES string of the molecule is COc1ccc(CNC(=O)c2cc(NCCC3=CCCCC3)nc(C)n2)cc1. The highest BCUT2D eigenvalue weighted by molar-refractivity contribution is 5.92. The van der Waals surface area contributed by atoms with Crippen LogP contribution >= 0.6 is 0 Å². The average Bonchev–Trinajstić information content (AvgIpc) is 2.73. The number of hydrogen-bond acceptors (Lipinski definition) is 5. The topological polar surface area (TPSA) is 76.1 Å². The Morgan fingerprint density at radius 3 is 2.71 bits per heavy atom. The molecule has 0 atom stereocenters. The maximum Gasteiger partial charge on any atom is 0.270 e. The Hall–Kier alpha value is -2.89. The zero-order valence-corrected chi connectivity index (χ0v) is 16.6. The van der Waals surface area contributed by atoms with Crippen molar-refractivity contribution < 1.29 is 9.53 Å². The third-order valence-corrected chi connectivity index (χ3v) is 4.82. The first-order valence-corrected chi connectivity index (χ1v) is 9.82. The van der Waals surface area contributed by atoms with Crippen LogP contribution in [-0.2, 0) is 6.54 Å². The minimum Gasteiger partial charge on any atom is -0.497 e. The van der Waals surface area contributed by atoms with Crippen LogP contribution in [0.5, 0.6) is 5.75 Å². The molecule has 0 fully saturated rings. The molecule has 1 aliphatic rings. The van der Waals surface area contributed by atoms with Crippen LogP contribution in [0.1, 0.15) is 54.0 Å². The van der Waals surface area contributed by atoms with Crippen LogP contribution in [0.3, 0.4) is 0 Å². The van der Waals surface area contributed by atoms with E-state index in [9.17, 15) is 4.79 Å². The summed E-state index contributed by atoms with van der Waals surface area (Å²) >= 11 is 0. The number of anilines is 1. The smallest absolute Gasteiger partial charge is 0.270 e. The number of nitrogens with zero attached hydrogens (tertiary/aromatic N) is 2. The van der Waals surface area contributed by atoms with Gasteiger partial charge in [-0.1, -0.05) is 23.8 Å². The predicted octanol–water partition coefficient (Wildman–Crippen LogP) is 4.03. The highest BCUT2D eigenvalue weighted by Gasteiger charge is 2.11. The fourth-order valence-corrected chi connectivity index (χ4v) is 3.27. The van der Waals surface area contributed by atoms with Gasteiger partial charge in [0.2, 0.25) is 0 Å². The molecular weight excluding hydrogens is 352 g/mol. The van der Waals surface area contributed by atoms with E-state index in [-0.39, 0.29) is 5.91 Å². The van der Waals surface area contributed by atoms with Crippen molar-refractivity contribution in [1.29, 1.82) is 0 Å². The van der Waals surface area contributed by atoms with Gasteiger partial charge in [-0.2, -0.15) is 0 Å². The molecule has 0 unspecified atom stereocenters. The van der Waals surface area contributed by atoms with Crippen molar-refractivity contribution in [3.05, 3.63) is 59.1 Å². The summed E-state index contributed by atoms with van der Waals surface area (Å²) in [7, 11) is 1.63. The van der Waals surface area contributed by atoms with Crippen molar-refractivity contribution in [3.8, 4) is 5.75 Å². The van der Waals surface area contributed by atoms with Crippen molar-refractivity contribution in [2.75, 3.05) is 19.0 Å². The van der Waals surface area contributed by atoms with Crippen LogP contribution < -0.4 is 15.4 Å². The molecule has 6 heteroatoms. The summed E-state index contributed by atoms with van der Waals surface area (Å²) in [6, 6.07) is 9.32. The van der Waals surface area contributed by atoms with E-state index in [1.54, 1.807) is 20.1 Å². The molecule has 1 aliphatic carbocycles. The van der Waals surface area contributed by atoms with E-state index in [4.69, 9.17) is 4.74 Å². The molecule has 0 bridgehead atoms. The van der Waals surface area contributed by atoms with E-state index in [1.165, 1.54) is 31.3 Å². The first kappa shape index (κ1) is 19.9. The second kappa shape index (κ2) is 9.88. The van der Waals surface area contributed by atoms with Gasteiger partial charge in [-0.05, 0) is 56.7 Å². The van der Waals surface area contributed by atoms with Crippen LogP contribution in [0, 0.1) is 6.92 Å². The van der Waals surface area contributed by atoms with Gasteiger partial charge in [0.25, 0.3) is 5.91 Å². The lowest BCUT2D eigenvalue weighted by Gasteiger charge is -2.13. The van der Waals surface area contributed by atoms with Crippen molar-refractivity contribution in [3.63, 3.8) is 0 Å². The van der Waals surface area contributed by atoms with Gasteiger partial charge < -0.3 is 15.4 Å². The number of hydrogen-bond donors (Lipinski definition) is 2. The molecule has 0 saturated heterocycles. The number of carbonyl (C=O) groups is 1. The van der Waals surface area contributed by atoms with Crippen molar-refractivity contribution in [2.24, 2.45) is 0 Å². The van der Waals surface area contributed by atoms with E-state index >= 15 is 0 Å². The van der Waals surface area contributed by atoms with Gasteiger partial charge in [-0.25, -0.2) is 9.97 Å². The molecule has 3 rings (SSSR count). The number of amides is 1. The molecule has 2 N–H and O–H groups in total. The Morgan fingerprint density at radius 1 is 1.18 bits per heavy atom. The molecule has 6 nitrogen and oxygen atoms in total. The summed E-state index contributed by atoms with van der Waals surface area (Å²) in [5, 5.41) is 6.24. The first-order valence-electron chi connectivity index (χ1n) is 9.82. The summed E-state index contributed by atoms with van der Waals surface area (Å²) in [6.45, 7) is 3.05. The monoisotopic (exact) mass is 380 g/mol. The second-order valence-electron chi connectivity index (χ2n) is 7.00. The van der Waals surface area contributed by atoms with Gasteiger partial charge in [-0.3, -0.25) is 4.79 Å². The maximum atomic E-state index is 12.5. The normalized spacial score (nSPS) is 13.6. The molecule has 1 aromatic heterocycles. The third kappa shape index (κ3) is 5.81. The number of benzene rings is 1. The fourth-order valence-electron chi connectivity index (χ4n) is 3.27. The molecule has 28 heavy (non-hydrogen) atoms. The Morgan fingerprint density at radius 2 is 2.00 bits per heavy atom. The highest BCUT2D eigenvalue weighted by atomic mass is 16.5. The number of aryl methyl sites for hydroxylation is 1. The molecule has 0 spiro atoms. The number of allylic oxidation sites excluding steroid dienone is 1. The van der Waals surface area contributed by atoms with Gasteiger partial charge in [0.15, 0.2) is 0 Å². The molecule has 1 amide bonds. The Bertz CT molecular complexity index is 831. The van der Waals surface area contributed by atoms with Crippen molar-refractivity contribution >= 4 is 11.7 Å². The van der Waals surface area contributed by atoms with E-state index in [2.05, 4.69) is 26.7 Å². The first-order chi connectivity index (χ1) is 13.6. The van der Waals surface area contributed by atoms with Crippen LogP contribution in [-0.4, -0.2) is 29.5 Å². The lowest BCUT2D eigenvalue weighted by atomic mass is 9.97. The molecule has 0 aliphatic heterocycles. The van der Waals surface area contributed by atoms with E-state index in [0.29, 0.717) is 23.9 Å². The summed E-state index contributed by atoms with van der Waals surface area (Å²) in [5.74, 6) is 1.86. The standard InChI is InChI=1S/C22H28N4O2/c1-16-25-20(22(27)24-15-18-8-10-19(28-2)11-9-18)14-21(26-16)23-13-12-17-6-4-3-5-7-17/h6,8-11,14H,3-5,7,12-13,15H2,1-2H3,(H,24,27)(H,23,25,26). The number of nitrogens with one attached hydrogen (secondary N) is 2. The minimum atomic E-state index is -0.209. The van der Waals surface area contributed by atoms with Crippen LogP contribution in [0.25, 0.3) is 0 Å². The summed E-state index contributed by atoms with van der Waals surface area (Å²) in [6.07, 6.45) is 8.36. The van der Waals surface area contributed by atoms with E-state index < -0.39 is 0 Å². The molecule has 1 aromatic carbocycles. The molecule has 2 aromatic rings. The lowest BCUT2D eigenvalue weighted by molar-refractivity contribution is 0.0945. The molecule has 0 radical (unpaired) electrons. The van der Waals surface area contributed by atoms with Gasteiger partial charge in [0, 0.05) is 19.2 Å². The minimum absolute atomic E-state index is 0.209. The molecular formula is C22H28N4O2. The third-order valence-electron chi connectivity index (χ3n) is 4.82. The molecule has 0 saturated carbocycles. The van der Waals surface area contributed by atoms with E-state index in [1.807, 2.05) is 24.3 Å². The average molecular weight is 380 g/mol. The highest BCUT2D eigenvalue weighted by Crippen LogP contribution is 2.20. The zero-order chi connectivity index (χ0) is 19.8. The van der Waals surface area contributed by atoms with Gasteiger partial charge in [-0.15, -0.1) is 0 Å². The van der Waals surface area contributed by atoms with Crippen molar-refractivity contribution in [1.82, 2.24) is 15.3 Å². The lowest BCUT2D eigenvalue weighted by Crippen LogP contribution is -2.24. The fraction of sp³-hybridized carbons (Fsp3) is 0.409. The Kier molecular flexibility index (Phi) is 7.00. The van der Waals surface area contributed by atoms with E-state index in [0.717, 1.165) is 24.3 Å². The maximum absolute atomic E-state index is 12.5. The van der Waals surface area contributed by atoms with Gasteiger partial charge in [0.05, 0.1) is 7.11 Å². The quantitative estimate of drug-likeness (QED) is 0.676. The Balaban J connectivity index is 1.55. The second-order valence-corrected chi connectivity index (χ2v) is 7.00. The number of carbonyl (C=O) groups excluding carboxylic acids is 1. The largest absolute Gasteiger partial charge is 0.497 e. The van der Waals surface area contributed by atoms with Crippen LogP contribution in [0.2, 0.25) is 0 Å². The zero-order valence-electron chi connectivity index (χ0n) is 16.6. The number of ether oxygens (including phenoxy) is 1.